The molecule has 0 saturated heterocycles. The van der Waals surface area contributed by atoms with E-state index in [-0.39, 0.29) is 11.8 Å². The number of amides is 1. The Kier molecular flexibility index (Phi) is 6.79. The topological polar surface area (TPSA) is 41.5 Å². The minimum absolute atomic E-state index is 0.0648. The van der Waals surface area contributed by atoms with Crippen molar-refractivity contribution in [2.75, 3.05) is 0 Å². The number of allylic oxidation sites excluding steroid dienone is 1. The van der Waals surface area contributed by atoms with Crippen LogP contribution in [0.5, 0.6) is 0 Å². The van der Waals surface area contributed by atoms with E-state index in [9.17, 15) is 4.79 Å². The molecule has 23 heavy (non-hydrogen) atoms. The van der Waals surface area contributed by atoms with Gasteiger partial charge in [-0.25, -0.2) is 5.43 Å². The van der Waals surface area contributed by atoms with E-state index in [0.717, 1.165) is 12.0 Å². The summed E-state index contributed by atoms with van der Waals surface area (Å²) in [6, 6.07) is 20.1. The highest BCUT2D eigenvalue weighted by molar-refractivity contribution is 5.81. The van der Waals surface area contributed by atoms with Gasteiger partial charge in [-0.2, -0.15) is 5.10 Å². The van der Waals surface area contributed by atoms with Gasteiger partial charge in [0.25, 0.3) is 0 Å². The van der Waals surface area contributed by atoms with Crippen molar-refractivity contribution in [2.24, 2.45) is 5.10 Å². The molecule has 0 unspecified atom stereocenters. The van der Waals surface area contributed by atoms with Gasteiger partial charge < -0.3 is 0 Å². The maximum Gasteiger partial charge on any atom is 0.240 e. The molecule has 3 nitrogen and oxygen atoms in total. The Hall–Kier alpha value is -2.68. The molecule has 0 aliphatic carbocycles. The predicted molar refractivity (Wildman–Crippen MR) is 96.2 cm³/mol. The van der Waals surface area contributed by atoms with Gasteiger partial charge in [-0.1, -0.05) is 73.7 Å². The largest absolute Gasteiger partial charge is 0.273 e. The number of hydrazone groups is 1. The van der Waals surface area contributed by atoms with Crippen molar-refractivity contribution in [1.82, 2.24) is 5.43 Å². The average molecular weight is 306 g/mol. The number of rotatable bonds is 7. The van der Waals surface area contributed by atoms with Crippen molar-refractivity contribution in [3.63, 3.8) is 0 Å². The van der Waals surface area contributed by atoms with Crippen LogP contribution in [-0.4, -0.2) is 12.1 Å². The lowest BCUT2D eigenvalue weighted by molar-refractivity contribution is -0.121. The van der Waals surface area contributed by atoms with Gasteiger partial charge in [0.1, 0.15) is 0 Å². The van der Waals surface area contributed by atoms with Crippen molar-refractivity contribution in [2.45, 2.75) is 25.7 Å². The Labute approximate surface area is 137 Å². The molecule has 0 aliphatic heterocycles. The van der Waals surface area contributed by atoms with Crippen LogP contribution < -0.4 is 5.43 Å². The van der Waals surface area contributed by atoms with E-state index < -0.39 is 0 Å². The van der Waals surface area contributed by atoms with E-state index in [1.54, 1.807) is 6.21 Å². The number of carbonyl (C=O) groups is 1. The summed E-state index contributed by atoms with van der Waals surface area (Å²) in [7, 11) is 0. The van der Waals surface area contributed by atoms with Crippen LogP contribution in [-0.2, 0) is 4.79 Å². The summed E-state index contributed by atoms with van der Waals surface area (Å²) < 4.78 is 0. The van der Waals surface area contributed by atoms with Crippen LogP contribution in [0.15, 0.2) is 71.8 Å². The molecule has 0 aromatic heterocycles. The van der Waals surface area contributed by atoms with Crippen LogP contribution in [0.25, 0.3) is 6.08 Å². The third kappa shape index (κ3) is 5.91. The third-order valence-corrected chi connectivity index (χ3v) is 3.63. The Morgan fingerprint density at radius 3 is 2.39 bits per heavy atom. The van der Waals surface area contributed by atoms with Crippen LogP contribution in [0.1, 0.15) is 36.8 Å². The summed E-state index contributed by atoms with van der Waals surface area (Å²) >= 11 is 0. The molecule has 0 aliphatic rings. The van der Waals surface area contributed by atoms with E-state index in [1.807, 2.05) is 60.7 Å². The minimum Gasteiger partial charge on any atom is -0.273 e. The molecule has 0 heterocycles. The van der Waals surface area contributed by atoms with Crippen molar-refractivity contribution in [3.05, 3.63) is 77.9 Å². The predicted octanol–water partition coefficient (Wildman–Crippen LogP) is 4.39. The second-order valence-corrected chi connectivity index (χ2v) is 5.30. The van der Waals surface area contributed by atoms with E-state index in [4.69, 9.17) is 0 Å². The smallest absolute Gasteiger partial charge is 0.240 e. The van der Waals surface area contributed by atoms with Crippen LogP contribution in [0.2, 0.25) is 0 Å². The molecule has 1 N–H and O–H groups in total. The molecule has 2 aromatic rings. The maximum absolute atomic E-state index is 12.0. The van der Waals surface area contributed by atoms with Gasteiger partial charge in [-0.15, -0.1) is 0 Å². The normalized spacial score (nSPS) is 12.6. The SMILES string of the molecule is CC[C@H](CC(=O)N/N=C\C=C\c1ccccc1)c1ccccc1. The second kappa shape index (κ2) is 9.36. The van der Waals surface area contributed by atoms with Crippen LogP contribution in [0.4, 0.5) is 0 Å². The zero-order valence-electron chi connectivity index (χ0n) is 13.4. The molecule has 3 heteroatoms. The van der Waals surface area contributed by atoms with Crippen molar-refractivity contribution >= 4 is 18.2 Å². The number of benzene rings is 2. The number of nitrogens with one attached hydrogen (secondary N) is 1. The molecule has 1 atom stereocenters. The van der Waals surface area contributed by atoms with Crippen molar-refractivity contribution < 1.29 is 4.79 Å². The van der Waals surface area contributed by atoms with Crippen LogP contribution in [0, 0.1) is 0 Å². The first-order valence-electron chi connectivity index (χ1n) is 7.88. The van der Waals surface area contributed by atoms with Gasteiger partial charge in [-0.05, 0) is 29.5 Å². The number of hydrogen-bond donors (Lipinski definition) is 1. The standard InChI is InChI=1S/C20H22N2O/c1-2-18(19-13-7-4-8-14-19)16-20(23)22-21-15-9-12-17-10-5-3-6-11-17/h3-15,18H,2,16H2,1H3,(H,22,23)/b12-9+,21-15-/t18-/m1/s1. The molecule has 118 valence electrons. The molecule has 0 radical (unpaired) electrons. The third-order valence-electron chi connectivity index (χ3n) is 3.63. The molecule has 1 amide bonds. The van der Waals surface area contributed by atoms with E-state index in [1.165, 1.54) is 5.56 Å². The van der Waals surface area contributed by atoms with Gasteiger partial charge in [0, 0.05) is 12.6 Å². The lowest BCUT2D eigenvalue weighted by Crippen LogP contribution is -2.19. The molecular weight excluding hydrogens is 284 g/mol. The number of hydrogen-bond acceptors (Lipinski definition) is 2. The van der Waals surface area contributed by atoms with Gasteiger partial charge in [0.05, 0.1) is 0 Å². The minimum atomic E-state index is -0.0648. The fourth-order valence-electron chi connectivity index (χ4n) is 2.36. The summed E-state index contributed by atoms with van der Waals surface area (Å²) in [4.78, 5) is 12.0. The molecule has 0 saturated carbocycles. The lowest BCUT2D eigenvalue weighted by atomic mass is 9.93. The number of nitrogens with zero attached hydrogens (tertiary/aromatic N) is 1. The first-order chi connectivity index (χ1) is 11.3. The molecule has 0 fully saturated rings. The Morgan fingerprint density at radius 1 is 1.09 bits per heavy atom. The fourth-order valence-corrected chi connectivity index (χ4v) is 2.36. The summed E-state index contributed by atoms with van der Waals surface area (Å²) in [6.07, 6.45) is 6.71. The maximum atomic E-state index is 12.0. The zero-order chi connectivity index (χ0) is 16.3. The quantitative estimate of drug-likeness (QED) is 0.598. The average Bonchev–Trinajstić information content (AvgIpc) is 2.61. The summed E-state index contributed by atoms with van der Waals surface area (Å²) in [5, 5.41) is 3.96. The van der Waals surface area contributed by atoms with Gasteiger partial charge >= 0.3 is 0 Å². The lowest BCUT2D eigenvalue weighted by Gasteiger charge is -2.13. The van der Waals surface area contributed by atoms with E-state index in [0.29, 0.717) is 6.42 Å². The van der Waals surface area contributed by atoms with Gasteiger partial charge in [0.15, 0.2) is 0 Å². The molecule has 2 rings (SSSR count). The Balaban J connectivity index is 1.80. The van der Waals surface area contributed by atoms with Crippen molar-refractivity contribution in [1.29, 1.82) is 0 Å². The zero-order valence-corrected chi connectivity index (χ0v) is 13.4. The summed E-state index contributed by atoms with van der Waals surface area (Å²) in [5.41, 5.74) is 4.87. The molecule has 0 spiro atoms. The van der Waals surface area contributed by atoms with E-state index in [2.05, 4.69) is 29.6 Å². The molecule has 2 aromatic carbocycles. The Bertz CT molecular complexity index is 648. The second-order valence-electron chi connectivity index (χ2n) is 5.30. The van der Waals surface area contributed by atoms with Crippen LogP contribution >= 0.6 is 0 Å². The summed E-state index contributed by atoms with van der Waals surface area (Å²) in [6.45, 7) is 2.09. The van der Waals surface area contributed by atoms with Gasteiger partial charge in [-0.3, -0.25) is 4.79 Å². The molecular formula is C20H22N2O. The highest BCUT2D eigenvalue weighted by atomic mass is 16.2. The first kappa shape index (κ1) is 16.7. The van der Waals surface area contributed by atoms with Crippen molar-refractivity contribution in [3.8, 4) is 0 Å². The van der Waals surface area contributed by atoms with Gasteiger partial charge in [0.2, 0.25) is 5.91 Å². The van der Waals surface area contributed by atoms with Crippen LogP contribution in [0.3, 0.4) is 0 Å². The first-order valence-corrected chi connectivity index (χ1v) is 7.88. The fraction of sp³-hybridized carbons (Fsp3) is 0.200. The molecule has 0 bridgehead atoms. The van der Waals surface area contributed by atoms with E-state index >= 15 is 0 Å². The monoisotopic (exact) mass is 306 g/mol. The summed E-state index contributed by atoms with van der Waals surface area (Å²) in [5.74, 6) is 0.163. The Morgan fingerprint density at radius 2 is 1.74 bits per heavy atom. The highest BCUT2D eigenvalue weighted by Gasteiger charge is 2.13. The highest BCUT2D eigenvalue weighted by Crippen LogP contribution is 2.22. The number of carbonyl (C=O) groups excluding carboxylic acids is 1.